The first-order valence-electron chi connectivity index (χ1n) is 8.00. The summed E-state index contributed by atoms with van der Waals surface area (Å²) in [5.41, 5.74) is 0. The van der Waals surface area contributed by atoms with E-state index in [0.717, 1.165) is 29.6 Å². The van der Waals surface area contributed by atoms with Gasteiger partial charge in [0, 0.05) is 5.92 Å². The Morgan fingerprint density at radius 1 is 1.32 bits per heavy atom. The number of hydrogen-bond acceptors (Lipinski definition) is 7. The molecule has 1 saturated carbocycles. The van der Waals surface area contributed by atoms with Gasteiger partial charge in [-0.15, -0.1) is 10.2 Å². The third kappa shape index (κ3) is 3.48. The highest BCUT2D eigenvalue weighted by Crippen LogP contribution is 2.40. The SMILES string of the molecule is COC(=O)c1ccc(CSc2nnc(C3CC3)n2Cc2ccco2)o1. The van der Waals surface area contributed by atoms with Gasteiger partial charge in [0.25, 0.3) is 0 Å². The Morgan fingerprint density at radius 2 is 2.20 bits per heavy atom. The zero-order valence-electron chi connectivity index (χ0n) is 13.7. The molecule has 130 valence electrons. The fourth-order valence-electron chi connectivity index (χ4n) is 2.56. The van der Waals surface area contributed by atoms with Gasteiger partial charge in [-0.25, -0.2) is 4.79 Å². The van der Waals surface area contributed by atoms with Crippen LogP contribution in [0.1, 0.15) is 46.7 Å². The second-order valence-corrected chi connectivity index (χ2v) is 6.77. The van der Waals surface area contributed by atoms with Crippen LogP contribution in [-0.4, -0.2) is 27.8 Å². The average molecular weight is 359 g/mol. The summed E-state index contributed by atoms with van der Waals surface area (Å²) in [5.74, 6) is 3.33. The van der Waals surface area contributed by atoms with Crippen LogP contribution in [0.25, 0.3) is 0 Å². The monoisotopic (exact) mass is 359 g/mol. The van der Waals surface area contributed by atoms with E-state index in [1.165, 1.54) is 18.9 Å². The van der Waals surface area contributed by atoms with Crippen LogP contribution < -0.4 is 0 Å². The van der Waals surface area contributed by atoms with Gasteiger partial charge in [0.1, 0.15) is 17.3 Å². The minimum atomic E-state index is -0.478. The van der Waals surface area contributed by atoms with Crippen molar-refractivity contribution in [1.29, 1.82) is 0 Å². The molecule has 7 nitrogen and oxygen atoms in total. The summed E-state index contributed by atoms with van der Waals surface area (Å²) in [6.07, 6.45) is 3.98. The molecule has 0 radical (unpaired) electrons. The number of thioether (sulfide) groups is 1. The number of aromatic nitrogens is 3. The van der Waals surface area contributed by atoms with Crippen LogP contribution in [0, 0.1) is 0 Å². The summed E-state index contributed by atoms with van der Waals surface area (Å²) < 4.78 is 17.7. The maximum Gasteiger partial charge on any atom is 0.373 e. The number of methoxy groups -OCH3 is 1. The normalized spacial score (nSPS) is 14.0. The van der Waals surface area contributed by atoms with E-state index in [1.54, 1.807) is 18.4 Å². The van der Waals surface area contributed by atoms with Gasteiger partial charge in [0.05, 0.1) is 25.7 Å². The van der Waals surface area contributed by atoms with Crippen molar-refractivity contribution in [2.75, 3.05) is 7.11 Å². The molecule has 0 aliphatic heterocycles. The van der Waals surface area contributed by atoms with E-state index in [1.807, 2.05) is 12.1 Å². The Kier molecular flexibility index (Phi) is 4.35. The maximum atomic E-state index is 11.5. The molecule has 0 amide bonds. The van der Waals surface area contributed by atoms with E-state index in [-0.39, 0.29) is 5.76 Å². The molecule has 1 aliphatic rings. The fourth-order valence-corrected chi connectivity index (χ4v) is 3.40. The molecule has 1 aliphatic carbocycles. The van der Waals surface area contributed by atoms with Crippen molar-refractivity contribution >= 4 is 17.7 Å². The summed E-state index contributed by atoms with van der Waals surface area (Å²) in [6, 6.07) is 7.21. The zero-order valence-corrected chi connectivity index (χ0v) is 14.5. The lowest BCUT2D eigenvalue weighted by molar-refractivity contribution is 0.0563. The van der Waals surface area contributed by atoms with Crippen LogP contribution in [0.15, 0.2) is 44.5 Å². The molecule has 0 saturated heterocycles. The molecule has 0 aromatic carbocycles. The Labute approximate surface area is 148 Å². The molecule has 4 rings (SSSR count). The van der Waals surface area contributed by atoms with Crippen LogP contribution in [0.2, 0.25) is 0 Å². The highest BCUT2D eigenvalue weighted by molar-refractivity contribution is 7.98. The summed E-state index contributed by atoms with van der Waals surface area (Å²) in [4.78, 5) is 11.5. The van der Waals surface area contributed by atoms with Crippen LogP contribution >= 0.6 is 11.8 Å². The molecule has 8 heteroatoms. The van der Waals surface area contributed by atoms with Crippen LogP contribution in [-0.2, 0) is 17.0 Å². The minimum Gasteiger partial charge on any atom is -0.467 e. The first-order chi connectivity index (χ1) is 12.2. The summed E-state index contributed by atoms with van der Waals surface area (Å²) in [6.45, 7) is 0.611. The van der Waals surface area contributed by atoms with Gasteiger partial charge in [0.2, 0.25) is 5.76 Å². The number of esters is 1. The highest BCUT2D eigenvalue weighted by atomic mass is 32.2. The first kappa shape index (κ1) is 16.0. The predicted octanol–water partition coefficient (Wildman–Crippen LogP) is 3.47. The summed E-state index contributed by atoms with van der Waals surface area (Å²) in [7, 11) is 1.33. The molecule has 0 bridgehead atoms. The van der Waals surface area contributed by atoms with Crippen molar-refractivity contribution in [3.63, 3.8) is 0 Å². The van der Waals surface area contributed by atoms with Gasteiger partial charge in [-0.3, -0.25) is 4.57 Å². The topological polar surface area (TPSA) is 83.3 Å². The molecule has 0 N–H and O–H groups in total. The lowest BCUT2D eigenvalue weighted by Crippen LogP contribution is -2.05. The van der Waals surface area contributed by atoms with Crippen molar-refractivity contribution in [2.45, 2.75) is 36.2 Å². The number of rotatable bonds is 7. The Balaban J connectivity index is 1.50. The van der Waals surface area contributed by atoms with Gasteiger partial charge in [-0.05, 0) is 37.1 Å². The summed E-state index contributed by atoms with van der Waals surface area (Å²) in [5, 5.41) is 9.51. The third-order valence-electron chi connectivity index (χ3n) is 3.97. The lowest BCUT2D eigenvalue weighted by Gasteiger charge is -2.07. The van der Waals surface area contributed by atoms with E-state index in [4.69, 9.17) is 8.83 Å². The molecular formula is C17H17N3O4S. The van der Waals surface area contributed by atoms with Gasteiger partial charge in [0.15, 0.2) is 5.16 Å². The Bertz CT molecular complexity index is 864. The molecule has 25 heavy (non-hydrogen) atoms. The molecule has 3 heterocycles. The van der Waals surface area contributed by atoms with Crippen LogP contribution in [0.5, 0.6) is 0 Å². The van der Waals surface area contributed by atoms with E-state index in [0.29, 0.717) is 24.0 Å². The quantitative estimate of drug-likeness (QED) is 0.472. The van der Waals surface area contributed by atoms with Crippen LogP contribution in [0.3, 0.4) is 0 Å². The molecule has 1 fully saturated rings. The Hall–Kier alpha value is -2.48. The fraction of sp³-hybridized carbons (Fsp3) is 0.353. The average Bonchev–Trinajstić information content (AvgIpc) is 3.05. The number of nitrogens with zero attached hydrogens (tertiary/aromatic N) is 3. The van der Waals surface area contributed by atoms with Gasteiger partial charge < -0.3 is 13.6 Å². The molecule has 3 aromatic rings. The number of hydrogen-bond donors (Lipinski definition) is 0. The Morgan fingerprint density at radius 3 is 2.92 bits per heavy atom. The maximum absolute atomic E-state index is 11.5. The molecule has 3 aromatic heterocycles. The number of ether oxygens (including phenoxy) is 1. The summed E-state index contributed by atoms with van der Waals surface area (Å²) >= 11 is 1.52. The molecule has 0 spiro atoms. The van der Waals surface area contributed by atoms with Crippen molar-refractivity contribution in [3.8, 4) is 0 Å². The highest BCUT2D eigenvalue weighted by Gasteiger charge is 2.30. The standard InChI is InChI=1S/C17H17N3O4S/c1-22-16(21)14-7-6-13(24-14)10-25-17-19-18-15(11-4-5-11)20(17)9-12-3-2-8-23-12/h2-3,6-8,11H,4-5,9-10H2,1H3. The van der Waals surface area contributed by atoms with E-state index in [2.05, 4.69) is 19.5 Å². The van der Waals surface area contributed by atoms with E-state index in [9.17, 15) is 4.79 Å². The van der Waals surface area contributed by atoms with Crippen molar-refractivity contribution in [2.24, 2.45) is 0 Å². The second-order valence-electron chi connectivity index (χ2n) is 5.83. The van der Waals surface area contributed by atoms with E-state index < -0.39 is 5.97 Å². The van der Waals surface area contributed by atoms with Crippen molar-refractivity contribution in [1.82, 2.24) is 14.8 Å². The molecular weight excluding hydrogens is 342 g/mol. The van der Waals surface area contributed by atoms with E-state index >= 15 is 0 Å². The van der Waals surface area contributed by atoms with Crippen molar-refractivity contribution in [3.05, 3.63) is 53.6 Å². The largest absolute Gasteiger partial charge is 0.467 e. The lowest BCUT2D eigenvalue weighted by atomic mass is 10.3. The number of furan rings is 2. The predicted molar refractivity (Wildman–Crippen MR) is 89.4 cm³/mol. The minimum absolute atomic E-state index is 0.203. The molecule has 0 atom stereocenters. The smallest absolute Gasteiger partial charge is 0.373 e. The van der Waals surface area contributed by atoms with Gasteiger partial charge in [-0.1, -0.05) is 11.8 Å². The molecule has 0 unspecified atom stereocenters. The first-order valence-corrected chi connectivity index (χ1v) is 8.98. The number of carbonyl (C=O) groups is 1. The third-order valence-corrected chi connectivity index (χ3v) is 4.96. The van der Waals surface area contributed by atoms with Crippen LogP contribution in [0.4, 0.5) is 0 Å². The van der Waals surface area contributed by atoms with Gasteiger partial charge >= 0.3 is 5.97 Å². The zero-order chi connectivity index (χ0) is 17.2. The van der Waals surface area contributed by atoms with Crippen molar-refractivity contribution < 1.29 is 18.4 Å². The number of carbonyl (C=O) groups excluding carboxylic acids is 1. The van der Waals surface area contributed by atoms with Gasteiger partial charge in [-0.2, -0.15) is 0 Å². The second kappa shape index (κ2) is 6.79.